The Morgan fingerprint density at radius 2 is 2.25 bits per heavy atom. The summed E-state index contributed by atoms with van der Waals surface area (Å²) < 4.78 is 0. The molecule has 0 saturated heterocycles. The molecule has 3 heteroatoms. The molecule has 12 heavy (non-hydrogen) atoms. The van der Waals surface area contributed by atoms with Gasteiger partial charge in [-0.3, -0.25) is 0 Å². The second-order valence-corrected chi connectivity index (χ2v) is 3.55. The Morgan fingerprint density at radius 1 is 1.58 bits per heavy atom. The van der Waals surface area contributed by atoms with Crippen molar-refractivity contribution in [3.05, 3.63) is 0 Å². The highest BCUT2D eigenvalue weighted by molar-refractivity contribution is 5.74. The first-order valence-electron chi connectivity index (χ1n) is 4.79. The van der Waals surface area contributed by atoms with Crippen molar-refractivity contribution in [1.82, 2.24) is 10.6 Å². The van der Waals surface area contributed by atoms with Gasteiger partial charge in [-0.1, -0.05) is 6.92 Å². The van der Waals surface area contributed by atoms with Crippen molar-refractivity contribution in [2.45, 2.75) is 51.6 Å². The molecule has 1 fully saturated rings. The zero-order chi connectivity index (χ0) is 8.97. The number of rotatable bonds is 3. The Balaban J connectivity index is 2.10. The normalized spacial score (nSPS) is 19.5. The molecule has 2 N–H and O–H groups in total. The zero-order valence-corrected chi connectivity index (χ0v) is 7.89. The van der Waals surface area contributed by atoms with Crippen molar-refractivity contribution in [1.29, 1.82) is 0 Å². The first-order valence-corrected chi connectivity index (χ1v) is 4.79. The van der Waals surface area contributed by atoms with Gasteiger partial charge < -0.3 is 10.6 Å². The van der Waals surface area contributed by atoms with Gasteiger partial charge in [0.1, 0.15) is 0 Å². The molecule has 1 aliphatic rings. The SMILES string of the molecule is CCC(C)NC(=O)NC1CCC1. The van der Waals surface area contributed by atoms with Crippen LogP contribution in [0.2, 0.25) is 0 Å². The van der Waals surface area contributed by atoms with Crippen molar-refractivity contribution in [3.8, 4) is 0 Å². The quantitative estimate of drug-likeness (QED) is 0.664. The number of carbonyl (C=O) groups is 1. The van der Waals surface area contributed by atoms with E-state index in [2.05, 4.69) is 17.6 Å². The van der Waals surface area contributed by atoms with Gasteiger partial charge in [0.2, 0.25) is 0 Å². The molecule has 1 saturated carbocycles. The van der Waals surface area contributed by atoms with Crippen LogP contribution in [0.4, 0.5) is 4.79 Å². The monoisotopic (exact) mass is 170 g/mol. The molecular formula is C9H18N2O. The fourth-order valence-corrected chi connectivity index (χ4v) is 1.11. The molecule has 0 radical (unpaired) electrons. The smallest absolute Gasteiger partial charge is 0.315 e. The molecule has 0 spiro atoms. The Bertz CT molecular complexity index is 146. The van der Waals surface area contributed by atoms with Crippen molar-refractivity contribution in [3.63, 3.8) is 0 Å². The molecule has 0 bridgehead atoms. The summed E-state index contributed by atoms with van der Waals surface area (Å²) in [5.41, 5.74) is 0. The van der Waals surface area contributed by atoms with Gasteiger partial charge in [-0.15, -0.1) is 0 Å². The number of carbonyl (C=O) groups excluding carboxylic acids is 1. The summed E-state index contributed by atoms with van der Waals surface area (Å²) in [5, 5.41) is 5.81. The molecular weight excluding hydrogens is 152 g/mol. The van der Waals surface area contributed by atoms with E-state index in [-0.39, 0.29) is 12.1 Å². The van der Waals surface area contributed by atoms with Crippen LogP contribution in [0.25, 0.3) is 0 Å². The summed E-state index contributed by atoms with van der Waals surface area (Å²) in [4.78, 5) is 11.2. The molecule has 0 aromatic heterocycles. The number of urea groups is 1. The highest BCUT2D eigenvalue weighted by atomic mass is 16.2. The van der Waals surface area contributed by atoms with Crippen LogP contribution in [0.15, 0.2) is 0 Å². The molecule has 2 amide bonds. The van der Waals surface area contributed by atoms with E-state index in [1.165, 1.54) is 6.42 Å². The average molecular weight is 170 g/mol. The van der Waals surface area contributed by atoms with Crippen LogP contribution in [0, 0.1) is 0 Å². The molecule has 0 aliphatic heterocycles. The van der Waals surface area contributed by atoms with Crippen LogP contribution in [-0.4, -0.2) is 18.1 Å². The van der Waals surface area contributed by atoms with E-state index in [1.54, 1.807) is 0 Å². The second kappa shape index (κ2) is 4.33. The van der Waals surface area contributed by atoms with Gasteiger partial charge in [-0.05, 0) is 32.6 Å². The lowest BCUT2D eigenvalue weighted by Gasteiger charge is -2.27. The number of hydrogen-bond acceptors (Lipinski definition) is 1. The lowest BCUT2D eigenvalue weighted by atomic mass is 9.93. The predicted molar refractivity (Wildman–Crippen MR) is 49.1 cm³/mol. The molecule has 3 nitrogen and oxygen atoms in total. The van der Waals surface area contributed by atoms with Gasteiger partial charge >= 0.3 is 6.03 Å². The van der Waals surface area contributed by atoms with Gasteiger partial charge in [0, 0.05) is 12.1 Å². The van der Waals surface area contributed by atoms with E-state index in [4.69, 9.17) is 0 Å². The molecule has 0 heterocycles. The second-order valence-electron chi connectivity index (χ2n) is 3.55. The Hall–Kier alpha value is -0.730. The first kappa shape index (κ1) is 9.36. The Kier molecular flexibility index (Phi) is 3.38. The fraction of sp³-hybridized carbons (Fsp3) is 0.889. The molecule has 1 aliphatic carbocycles. The van der Waals surface area contributed by atoms with Crippen LogP contribution in [0.5, 0.6) is 0 Å². The van der Waals surface area contributed by atoms with Gasteiger partial charge in [-0.2, -0.15) is 0 Å². The van der Waals surface area contributed by atoms with Gasteiger partial charge in [0.15, 0.2) is 0 Å². The minimum atomic E-state index is -0.00551. The average Bonchev–Trinajstić information content (AvgIpc) is 1.97. The van der Waals surface area contributed by atoms with Crippen molar-refractivity contribution >= 4 is 6.03 Å². The van der Waals surface area contributed by atoms with Gasteiger partial charge in [0.05, 0.1) is 0 Å². The highest BCUT2D eigenvalue weighted by Gasteiger charge is 2.19. The van der Waals surface area contributed by atoms with Crippen LogP contribution < -0.4 is 10.6 Å². The topological polar surface area (TPSA) is 41.1 Å². The Morgan fingerprint density at radius 3 is 2.67 bits per heavy atom. The standard InChI is InChI=1S/C9H18N2O/c1-3-7(2)10-9(12)11-8-5-4-6-8/h7-8H,3-6H2,1-2H3,(H2,10,11,12). The first-order chi connectivity index (χ1) is 5.72. The third-order valence-corrected chi connectivity index (χ3v) is 2.43. The molecule has 1 atom stereocenters. The lowest BCUT2D eigenvalue weighted by Crippen LogP contribution is -2.47. The van der Waals surface area contributed by atoms with Gasteiger partial charge in [0.25, 0.3) is 0 Å². The van der Waals surface area contributed by atoms with Crippen LogP contribution in [-0.2, 0) is 0 Å². The Labute approximate surface area is 73.9 Å². The zero-order valence-electron chi connectivity index (χ0n) is 7.89. The van der Waals surface area contributed by atoms with E-state index in [1.807, 2.05) is 6.92 Å². The third-order valence-electron chi connectivity index (χ3n) is 2.43. The third kappa shape index (κ3) is 2.72. The summed E-state index contributed by atoms with van der Waals surface area (Å²) in [6.45, 7) is 4.08. The highest BCUT2D eigenvalue weighted by Crippen LogP contribution is 2.17. The minimum absolute atomic E-state index is 0.00551. The number of hydrogen-bond donors (Lipinski definition) is 2. The van der Waals surface area contributed by atoms with Gasteiger partial charge in [-0.25, -0.2) is 4.79 Å². The maximum atomic E-state index is 11.2. The summed E-state index contributed by atoms with van der Waals surface area (Å²) in [7, 11) is 0. The summed E-state index contributed by atoms with van der Waals surface area (Å²) in [6.07, 6.45) is 4.54. The molecule has 0 aromatic carbocycles. The number of amides is 2. The number of nitrogens with one attached hydrogen (secondary N) is 2. The van der Waals surface area contributed by atoms with E-state index in [9.17, 15) is 4.79 Å². The summed E-state index contributed by atoms with van der Waals surface area (Å²) in [6, 6.07) is 0.716. The van der Waals surface area contributed by atoms with E-state index in [0.29, 0.717) is 6.04 Å². The molecule has 70 valence electrons. The van der Waals surface area contributed by atoms with Crippen LogP contribution >= 0.6 is 0 Å². The van der Waals surface area contributed by atoms with E-state index in [0.717, 1.165) is 19.3 Å². The molecule has 1 rings (SSSR count). The van der Waals surface area contributed by atoms with E-state index < -0.39 is 0 Å². The maximum Gasteiger partial charge on any atom is 0.315 e. The fourth-order valence-electron chi connectivity index (χ4n) is 1.11. The predicted octanol–water partition coefficient (Wildman–Crippen LogP) is 1.64. The molecule has 0 aromatic rings. The maximum absolute atomic E-state index is 11.2. The van der Waals surface area contributed by atoms with E-state index >= 15 is 0 Å². The summed E-state index contributed by atoms with van der Waals surface area (Å²) in [5.74, 6) is 0. The minimum Gasteiger partial charge on any atom is -0.336 e. The van der Waals surface area contributed by atoms with Crippen LogP contribution in [0.3, 0.4) is 0 Å². The van der Waals surface area contributed by atoms with Crippen LogP contribution in [0.1, 0.15) is 39.5 Å². The largest absolute Gasteiger partial charge is 0.336 e. The van der Waals surface area contributed by atoms with Crippen molar-refractivity contribution in [2.24, 2.45) is 0 Å². The van der Waals surface area contributed by atoms with Crippen molar-refractivity contribution in [2.75, 3.05) is 0 Å². The lowest BCUT2D eigenvalue weighted by molar-refractivity contribution is 0.225. The molecule has 1 unspecified atom stereocenters. The summed E-state index contributed by atoms with van der Waals surface area (Å²) >= 11 is 0. The van der Waals surface area contributed by atoms with Crippen molar-refractivity contribution < 1.29 is 4.79 Å².